The van der Waals surface area contributed by atoms with Gasteiger partial charge in [0.15, 0.2) is 0 Å². The maximum Gasteiger partial charge on any atom is 0.416 e. The van der Waals surface area contributed by atoms with Gasteiger partial charge in [-0.05, 0) is 48.2 Å². The van der Waals surface area contributed by atoms with Crippen molar-refractivity contribution in [2.75, 3.05) is 32.7 Å². The molecular weight excluding hydrogens is 491 g/mol. The maximum atomic E-state index is 12.9. The molecule has 1 N–H and O–H groups in total. The first-order chi connectivity index (χ1) is 17.3. The van der Waals surface area contributed by atoms with Gasteiger partial charge in [-0.1, -0.05) is 55.1 Å². The number of hydrogen-bond acceptors (Lipinski definition) is 3. The lowest BCUT2D eigenvalue weighted by molar-refractivity contribution is -0.137. The van der Waals surface area contributed by atoms with Crippen LogP contribution >= 0.6 is 11.6 Å². The quantitative estimate of drug-likeness (QED) is 0.465. The molecule has 0 radical (unpaired) electrons. The molecule has 0 bridgehead atoms. The molecule has 196 valence electrons. The van der Waals surface area contributed by atoms with E-state index in [1.807, 2.05) is 17.0 Å². The van der Waals surface area contributed by atoms with Gasteiger partial charge in [0.05, 0.1) is 18.3 Å². The number of halogens is 4. The summed E-state index contributed by atoms with van der Waals surface area (Å²) in [6, 6.07) is 12.8. The summed E-state index contributed by atoms with van der Waals surface area (Å²) in [4.78, 5) is 16.8. The largest absolute Gasteiger partial charge is 0.416 e. The number of nitrogens with zero attached hydrogens (tertiary/aromatic N) is 2. The highest BCUT2D eigenvalue weighted by molar-refractivity contribution is 6.30. The highest BCUT2D eigenvalue weighted by Crippen LogP contribution is 2.30. The van der Waals surface area contributed by atoms with Crippen molar-refractivity contribution in [3.8, 4) is 0 Å². The number of piperazine rings is 1. The Labute approximate surface area is 215 Å². The summed E-state index contributed by atoms with van der Waals surface area (Å²) in [5, 5.41) is 3.81. The smallest absolute Gasteiger partial charge is 0.368 e. The Kier molecular flexibility index (Phi) is 9.14. The molecule has 2 amide bonds. The lowest BCUT2D eigenvalue weighted by Crippen LogP contribution is -2.54. The number of ether oxygens (including phenoxy) is 1. The van der Waals surface area contributed by atoms with Gasteiger partial charge in [0.25, 0.3) is 0 Å². The van der Waals surface area contributed by atoms with Crippen LogP contribution < -0.4 is 5.32 Å². The van der Waals surface area contributed by atoms with Crippen molar-refractivity contribution in [2.24, 2.45) is 0 Å². The van der Waals surface area contributed by atoms with Gasteiger partial charge >= 0.3 is 12.2 Å². The summed E-state index contributed by atoms with van der Waals surface area (Å²) >= 11 is 6.06. The summed E-state index contributed by atoms with van der Waals surface area (Å²) in [6.45, 7) is 3.54. The average Bonchev–Trinajstić information content (AvgIpc) is 2.88. The molecule has 1 heterocycles. The molecule has 1 saturated heterocycles. The van der Waals surface area contributed by atoms with Gasteiger partial charge in [0.1, 0.15) is 0 Å². The Morgan fingerprint density at radius 2 is 1.61 bits per heavy atom. The second-order valence-electron chi connectivity index (χ2n) is 9.62. The first-order valence-corrected chi connectivity index (χ1v) is 13.0. The predicted octanol–water partition coefficient (Wildman–Crippen LogP) is 6.28. The molecule has 2 fully saturated rings. The summed E-state index contributed by atoms with van der Waals surface area (Å²) in [5.41, 5.74) is 0.945. The zero-order valence-electron chi connectivity index (χ0n) is 20.3. The molecule has 1 atom stereocenters. The van der Waals surface area contributed by atoms with Crippen LogP contribution in [0, 0.1) is 0 Å². The molecule has 4 rings (SSSR count). The maximum absolute atomic E-state index is 12.9. The van der Waals surface area contributed by atoms with Crippen molar-refractivity contribution in [2.45, 2.75) is 57.0 Å². The number of nitrogens with one attached hydrogen (secondary N) is 1. The number of rotatable bonds is 7. The molecule has 36 heavy (non-hydrogen) atoms. The topological polar surface area (TPSA) is 44.8 Å². The van der Waals surface area contributed by atoms with Crippen LogP contribution in [0.2, 0.25) is 5.02 Å². The standard InChI is InChI=1S/C27H33ClF3N3O2/c28-23-12-8-21(9-13-23)25(36-19-20-6-10-22(11-7-20)27(29,30)31)18-33-14-16-34(17-15-33)26(35)32-24-4-2-1-3-5-24/h6-13,24-25H,1-5,14-19H2,(H,32,35)/t25-/m1/s1. The van der Waals surface area contributed by atoms with E-state index in [9.17, 15) is 18.0 Å². The predicted molar refractivity (Wildman–Crippen MR) is 134 cm³/mol. The zero-order valence-corrected chi connectivity index (χ0v) is 21.0. The highest BCUT2D eigenvalue weighted by atomic mass is 35.5. The monoisotopic (exact) mass is 523 g/mol. The first-order valence-electron chi connectivity index (χ1n) is 12.6. The number of carbonyl (C=O) groups is 1. The van der Waals surface area contributed by atoms with Crippen molar-refractivity contribution in [1.82, 2.24) is 15.1 Å². The fourth-order valence-corrected chi connectivity index (χ4v) is 4.93. The second kappa shape index (κ2) is 12.3. The third-order valence-corrected chi connectivity index (χ3v) is 7.24. The van der Waals surface area contributed by atoms with Gasteiger partial charge in [-0.25, -0.2) is 4.79 Å². The van der Waals surface area contributed by atoms with Crippen molar-refractivity contribution in [3.63, 3.8) is 0 Å². The number of benzene rings is 2. The van der Waals surface area contributed by atoms with Gasteiger partial charge in [-0.2, -0.15) is 13.2 Å². The first kappa shape index (κ1) is 26.8. The minimum Gasteiger partial charge on any atom is -0.368 e. The molecule has 0 spiro atoms. The lowest BCUT2D eigenvalue weighted by Gasteiger charge is -2.37. The minimum absolute atomic E-state index is 0.0226. The van der Waals surface area contributed by atoms with E-state index in [1.165, 1.54) is 31.4 Å². The van der Waals surface area contributed by atoms with Crippen LogP contribution in [0.5, 0.6) is 0 Å². The minimum atomic E-state index is -4.36. The normalized spacial score (nSPS) is 18.7. The number of carbonyl (C=O) groups excluding carboxylic acids is 1. The van der Waals surface area contributed by atoms with Crippen molar-refractivity contribution >= 4 is 17.6 Å². The van der Waals surface area contributed by atoms with E-state index in [1.54, 1.807) is 12.1 Å². The van der Waals surface area contributed by atoms with E-state index in [0.717, 1.165) is 43.6 Å². The van der Waals surface area contributed by atoms with Gasteiger partial charge in [-0.3, -0.25) is 4.90 Å². The van der Waals surface area contributed by atoms with E-state index < -0.39 is 11.7 Å². The Hall–Kier alpha value is -2.29. The van der Waals surface area contributed by atoms with Crippen LogP contribution in [0.15, 0.2) is 48.5 Å². The Morgan fingerprint density at radius 1 is 0.972 bits per heavy atom. The van der Waals surface area contributed by atoms with Crippen molar-refractivity contribution in [1.29, 1.82) is 0 Å². The molecule has 2 aromatic rings. The fourth-order valence-electron chi connectivity index (χ4n) is 4.80. The summed E-state index contributed by atoms with van der Waals surface area (Å²) in [6.07, 6.45) is 1.08. The molecule has 1 aliphatic heterocycles. The lowest BCUT2D eigenvalue weighted by atomic mass is 9.96. The Balaban J connectivity index is 1.33. The van der Waals surface area contributed by atoms with Gasteiger partial charge in [0.2, 0.25) is 0 Å². The van der Waals surface area contributed by atoms with E-state index in [2.05, 4.69) is 10.2 Å². The fraction of sp³-hybridized carbons (Fsp3) is 0.519. The Bertz CT molecular complexity index is 971. The van der Waals surface area contributed by atoms with Crippen LogP contribution in [0.4, 0.5) is 18.0 Å². The van der Waals surface area contributed by atoms with Crippen molar-refractivity contribution < 1.29 is 22.7 Å². The molecule has 2 aromatic carbocycles. The third kappa shape index (κ3) is 7.60. The molecule has 2 aliphatic rings. The molecule has 5 nitrogen and oxygen atoms in total. The van der Waals surface area contributed by atoms with Crippen LogP contribution in [0.25, 0.3) is 0 Å². The average molecular weight is 524 g/mol. The number of amides is 2. The van der Waals surface area contributed by atoms with Crippen LogP contribution in [0.1, 0.15) is 54.9 Å². The molecule has 9 heteroatoms. The molecule has 1 aliphatic carbocycles. The molecule has 0 unspecified atom stereocenters. The number of hydrogen-bond donors (Lipinski definition) is 1. The van der Waals surface area contributed by atoms with E-state index in [0.29, 0.717) is 30.2 Å². The molecule has 0 aromatic heterocycles. The summed E-state index contributed by atoms with van der Waals surface area (Å²) < 4.78 is 44.8. The molecular formula is C27H33ClF3N3O2. The van der Waals surface area contributed by atoms with E-state index in [-0.39, 0.29) is 24.8 Å². The summed E-state index contributed by atoms with van der Waals surface area (Å²) in [5.74, 6) is 0. The SMILES string of the molecule is O=C(NC1CCCCC1)N1CCN(C[C@@H](OCc2ccc(C(F)(F)F)cc2)c2ccc(Cl)cc2)CC1. The van der Waals surface area contributed by atoms with Crippen LogP contribution in [-0.4, -0.2) is 54.6 Å². The van der Waals surface area contributed by atoms with Gasteiger partial charge in [0, 0.05) is 43.8 Å². The van der Waals surface area contributed by atoms with E-state index in [4.69, 9.17) is 16.3 Å². The van der Waals surface area contributed by atoms with Gasteiger partial charge < -0.3 is 15.0 Å². The van der Waals surface area contributed by atoms with Crippen LogP contribution in [0.3, 0.4) is 0 Å². The molecule has 1 saturated carbocycles. The van der Waals surface area contributed by atoms with E-state index >= 15 is 0 Å². The number of alkyl halides is 3. The highest BCUT2D eigenvalue weighted by Gasteiger charge is 2.30. The Morgan fingerprint density at radius 3 is 2.22 bits per heavy atom. The second-order valence-corrected chi connectivity index (χ2v) is 10.1. The number of urea groups is 1. The third-order valence-electron chi connectivity index (χ3n) is 6.99. The van der Waals surface area contributed by atoms with Crippen molar-refractivity contribution in [3.05, 3.63) is 70.2 Å². The van der Waals surface area contributed by atoms with Crippen LogP contribution in [-0.2, 0) is 17.5 Å². The summed E-state index contributed by atoms with van der Waals surface area (Å²) in [7, 11) is 0. The van der Waals surface area contributed by atoms with Gasteiger partial charge in [-0.15, -0.1) is 0 Å². The zero-order chi connectivity index (χ0) is 25.5.